The van der Waals surface area contributed by atoms with Crippen molar-refractivity contribution in [2.24, 2.45) is 0 Å². The molecule has 3 heteroatoms. The minimum absolute atomic E-state index is 0.172. The number of hydrogen-bond acceptors (Lipinski definition) is 3. The molecule has 1 aromatic rings. The van der Waals surface area contributed by atoms with Gasteiger partial charge >= 0.3 is 0 Å². The van der Waals surface area contributed by atoms with Crippen molar-refractivity contribution in [2.75, 3.05) is 28.3 Å². The minimum Gasteiger partial charge on any atom is -0.496 e. The minimum atomic E-state index is 0.172. The zero-order valence-corrected chi connectivity index (χ0v) is 11.7. The maximum absolute atomic E-state index is 5.50. The van der Waals surface area contributed by atoms with Crippen LogP contribution >= 0.6 is 0 Å². The molecule has 0 heterocycles. The lowest BCUT2D eigenvalue weighted by Crippen LogP contribution is -2.31. The molecule has 1 rings (SSSR count). The summed E-state index contributed by atoms with van der Waals surface area (Å²) in [7, 11) is 7.79. The summed E-state index contributed by atoms with van der Waals surface area (Å²) in [4.78, 5) is 2.13. The first-order chi connectivity index (χ1) is 8.01. The summed E-state index contributed by atoms with van der Waals surface area (Å²) in [5, 5.41) is 3.29. The average molecular weight is 236 g/mol. The van der Waals surface area contributed by atoms with Gasteiger partial charge in [-0.05, 0) is 38.7 Å². The van der Waals surface area contributed by atoms with Gasteiger partial charge in [0.2, 0.25) is 0 Å². The number of rotatable bonds is 5. The van der Waals surface area contributed by atoms with Gasteiger partial charge in [0.1, 0.15) is 5.75 Å². The van der Waals surface area contributed by atoms with Crippen LogP contribution in [0.5, 0.6) is 5.75 Å². The quantitative estimate of drug-likeness (QED) is 0.795. The number of nitrogens with zero attached hydrogens (tertiary/aromatic N) is 1. The normalized spacial score (nSPS) is 13.2. The molecule has 96 valence electrons. The first-order valence-electron chi connectivity index (χ1n) is 6.02. The van der Waals surface area contributed by atoms with E-state index >= 15 is 0 Å². The number of hydrogen-bond donors (Lipinski definition) is 1. The Bertz CT molecular complexity index is 361. The van der Waals surface area contributed by atoms with E-state index in [1.807, 2.05) is 7.05 Å². The molecule has 0 saturated carbocycles. The molecule has 17 heavy (non-hydrogen) atoms. The summed E-state index contributed by atoms with van der Waals surface area (Å²) in [6.07, 6.45) is 0.172. The summed E-state index contributed by atoms with van der Waals surface area (Å²) in [5.41, 5.74) is 2.48. The Balaban J connectivity index is 3.15. The van der Waals surface area contributed by atoms with Gasteiger partial charge < -0.3 is 10.1 Å². The van der Waals surface area contributed by atoms with Gasteiger partial charge in [-0.25, -0.2) is 0 Å². The summed E-state index contributed by atoms with van der Waals surface area (Å²) in [5.74, 6) is 1.47. The molecule has 1 atom stereocenters. The van der Waals surface area contributed by atoms with Crippen LogP contribution in [0.25, 0.3) is 0 Å². The highest BCUT2D eigenvalue weighted by atomic mass is 16.5. The second-order valence-corrected chi connectivity index (χ2v) is 4.81. The summed E-state index contributed by atoms with van der Waals surface area (Å²) >= 11 is 0. The topological polar surface area (TPSA) is 24.5 Å². The lowest BCUT2D eigenvalue weighted by atomic mass is 9.99. The Morgan fingerprint density at radius 1 is 1.24 bits per heavy atom. The molecule has 0 amide bonds. The predicted octanol–water partition coefficient (Wildman–Crippen LogP) is 2.60. The van der Waals surface area contributed by atoms with Gasteiger partial charge in [0.05, 0.1) is 13.3 Å². The van der Waals surface area contributed by atoms with E-state index in [-0.39, 0.29) is 6.17 Å². The Morgan fingerprint density at radius 2 is 1.88 bits per heavy atom. The van der Waals surface area contributed by atoms with Crippen molar-refractivity contribution in [3.8, 4) is 5.75 Å². The second kappa shape index (κ2) is 6.03. The molecular formula is C14H24N2O. The van der Waals surface area contributed by atoms with Gasteiger partial charge in [0, 0.05) is 5.56 Å². The third kappa shape index (κ3) is 3.20. The molecule has 1 unspecified atom stereocenters. The van der Waals surface area contributed by atoms with Gasteiger partial charge in [-0.3, -0.25) is 4.90 Å². The van der Waals surface area contributed by atoms with Gasteiger partial charge in [-0.2, -0.15) is 0 Å². The van der Waals surface area contributed by atoms with Crippen molar-refractivity contribution in [3.05, 3.63) is 29.3 Å². The lowest BCUT2D eigenvalue weighted by Gasteiger charge is -2.26. The van der Waals surface area contributed by atoms with E-state index in [4.69, 9.17) is 4.74 Å². The molecule has 0 bridgehead atoms. The predicted molar refractivity (Wildman–Crippen MR) is 72.6 cm³/mol. The van der Waals surface area contributed by atoms with E-state index < -0.39 is 0 Å². The van der Waals surface area contributed by atoms with Crippen LogP contribution in [-0.2, 0) is 0 Å². The molecule has 1 aromatic carbocycles. The molecule has 0 spiro atoms. The van der Waals surface area contributed by atoms with Gasteiger partial charge in [0.15, 0.2) is 0 Å². The molecule has 1 N–H and O–H groups in total. The van der Waals surface area contributed by atoms with Crippen LogP contribution in [0.1, 0.15) is 37.1 Å². The van der Waals surface area contributed by atoms with Crippen molar-refractivity contribution in [3.63, 3.8) is 0 Å². The zero-order valence-electron chi connectivity index (χ0n) is 11.7. The summed E-state index contributed by atoms with van der Waals surface area (Å²) in [6.45, 7) is 4.38. The van der Waals surface area contributed by atoms with Crippen molar-refractivity contribution in [1.29, 1.82) is 0 Å². The maximum Gasteiger partial charge on any atom is 0.125 e. The smallest absolute Gasteiger partial charge is 0.125 e. The van der Waals surface area contributed by atoms with Crippen molar-refractivity contribution < 1.29 is 4.74 Å². The lowest BCUT2D eigenvalue weighted by molar-refractivity contribution is 0.256. The van der Waals surface area contributed by atoms with Crippen LogP contribution in [0, 0.1) is 0 Å². The van der Waals surface area contributed by atoms with Crippen LogP contribution in [-0.4, -0.2) is 33.2 Å². The first-order valence-corrected chi connectivity index (χ1v) is 6.02. The standard InChI is InChI=1S/C14H24N2O/c1-10(2)11-7-8-12(13(9-11)17-6)14(15-3)16(4)5/h7-10,14-15H,1-6H3. The molecule has 0 aliphatic heterocycles. The number of nitrogens with one attached hydrogen (secondary N) is 1. The summed E-state index contributed by atoms with van der Waals surface area (Å²) in [6, 6.07) is 6.46. The molecule has 0 radical (unpaired) electrons. The fourth-order valence-corrected chi connectivity index (χ4v) is 2.00. The molecule has 0 aromatic heterocycles. The molecule has 3 nitrogen and oxygen atoms in total. The number of methoxy groups -OCH3 is 1. The third-order valence-electron chi connectivity index (χ3n) is 3.01. The fraction of sp³-hybridized carbons (Fsp3) is 0.571. The average Bonchev–Trinajstić information content (AvgIpc) is 2.29. The second-order valence-electron chi connectivity index (χ2n) is 4.81. The van der Waals surface area contributed by atoms with Gasteiger partial charge in [-0.15, -0.1) is 0 Å². The Hall–Kier alpha value is -1.06. The molecule has 0 aliphatic rings. The van der Waals surface area contributed by atoms with E-state index in [1.54, 1.807) is 7.11 Å². The van der Waals surface area contributed by atoms with Crippen LogP contribution in [0.3, 0.4) is 0 Å². The summed E-state index contributed by atoms with van der Waals surface area (Å²) < 4.78 is 5.50. The SMILES string of the molecule is CNC(c1ccc(C(C)C)cc1OC)N(C)C. The monoisotopic (exact) mass is 236 g/mol. The number of benzene rings is 1. The van der Waals surface area contributed by atoms with Crippen LogP contribution < -0.4 is 10.1 Å². The molecule has 0 fully saturated rings. The van der Waals surface area contributed by atoms with Crippen molar-refractivity contribution in [2.45, 2.75) is 25.9 Å². The largest absolute Gasteiger partial charge is 0.496 e. The third-order valence-corrected chi connectivity index (χ3v) is 3.01. The van der Waals surface area contributed by atoms with Crippen LogP contribution in [0.4, 0.5) is 0 Å². The van der Waals surface area contributed by atoms with Crippen LogP contribution in [0.15, 0.2) is 18.2 Å². The van der Waals surface area contributed by atoms with E-state index in [0.717, 1.165) is 5.75 Å². The van der Waals surface area contributed by atoms with E-state index in [1.165, 1.54) is 11.1 Å². The van der Waals surface area contributed by atoms with Gasteiger partial charge in [-0.1, -0.05) is 26.0 Å². The molecule has 0 aliphatic carbocycles. The molecule has 0 saturated heterocycles. The highest BCUT2D eigenvalue weighted by molar-refractivity contribution is 5.40. The fourth-order valence-electron chi connectivity index (χ4n) is 2.00. The maximum atomic E-state index is 5.50. The van der Waals surface area contributed by atoms with Gasteiger partial charge in [0.25, 0.3) is 0 Å². The Labute approximate surface area is 105 Å². The van der Waals surface area contributed by atoms with E-state index in [0.29, 0.717) is 5.92 Å². The highest BCUT2D eigenvalue weighted by Gasteiger charge is 2.17. The van der Waals surface area contributed by atoms with Crippen molar-refractivity contribution in [1.82, 2.24) is 10.2 Å². The van der Waals surface area contributed by atoms with E-state index in [2.05, 4.69) is 56.4 Å². The van der Waals surface area contributed by atoms with E-state index in [9.17, 15) is 0 Å². The molecular weight excluding hydrogens is 212 g/mol. The Kier molecular flexibility index (Phi) is 4.97. The first kappa shape index (κ1) is 14.0. The number of ether oxygens (including phenoxy) is 1. The van der Waals surface area contributed by atoms with Crippen LogP contribution in [0.2, 0.25) is 0 Å². The Morgan fingerprint density at radius 3 is 2.29 bits per heavy atom. The van der Waals surface area contributed by atoms with Crippen molar-refractivity contribution >= 4 is 0 Å². The highest BCUT2D eigenvalue weighted by Crippen LogP contribution is 2.29. The zero-order chi connectivity index (χ0) is 13.0.